The summed E-state index contributed by atoms with van der Waals surface area (Å²) in [6, 6.07) is 3.68. The maximum Gasteiger partial charge on any atom is 0.352 e. The molecule has 5 nitrogen and oxygen atoms in total. The summed E-state index contributed by atoms with van der Waals surface area (Å²) in [5.41, 5.74) is -0.291. The quantitative estimate of drug-likeness (QED) is 0.806. The molecule has 1 aromatic carbocycles. The minimum Gasteiger partial charge on any atom is -0.473 e. The van der Waals surface area contributed by atoms with Gasteiger partial charge in [0.2, 0.25) is 5.88 Å². The second kappa shape index (κ2) is 5.54. The largest absolute Gasteiger partial charge is 0.473 e. The maximum atomic E-state index is 13.2. The van der Waals surface area contributed by atoms with E-state index in [1.54, 1.807) is 10.6 Å². The van der Waals surface area contributed by atoms with Crippen LogP contribution in [0.1, 0.15) is 18.4 Å². The van der Waals surface area contributed by atoms with E-state index in [1.165, 1.54) is 0 Å². The molecule has 2 aliphatic heterocycles. The first kappa shape index (κ1) is 15.0. The number of benzene rings is 1. The summed E-state index contributed by atoms with van der Waals surface area (Å²) in [5, 5.41) is 0. The Morgan fingerprint density at radius 2 is 1.96 bits per heavy atom. The van der Waals surface area contributed by atoms with Gasteiger partial charge in [0.25, 0.3) is 0 Å². The molecule has 8 heteroatoms. The first-order chi connectivity index (χ1) is 11.5. The highest BCUT2D eigenvalue weighted by atomic mass is 19.2. The van der Waals surface area contributed by atoms with Gasteiger partial charge >= 0.3 is 5.69 Å². The topological polar surface area (TPSA) is 47.4 Å². The van der Waals surface area contributed by atoms with Crippen molar-refractivity contribution in [2.75, 3.05) is 11.4 Å². The van der Waals surface area contributed by atoms with E-state index in [1.807, 2.05) is 0 Å². The molecule has 24 heavy (non-hydrogen) atoms. The average molecular weight is 337 g/mol. The number of anilines is 1. The van der Waals surface area contributed by atoms with Gasteiger partial charge < -0.3 is 9.64 Å². The van der Waals surface area contributed by atoms with E-state index in [9.17, 15) is 18.0 Å². The number of hydrogen-bond donors (Lipinski definition) is 0. The summed E-state index contributed by atoms with van der Waals surface area (Å²) in [6.07, 6.45) is 2.11. The normalized spacial score (nSPS) is 18.6. The van der Waals surface area contributed by atoms with Gasteiger partial charge in [-0.2, -0.15) is 4.98 Å². The van der Waals surface area contributed by atoms with Gasteiger partial charge in [0.1, 0.15) is 12.4 Å². The Balaban J connectivity index is 1.57. The molecule has 0 N–H and O–H groups in total. The van der Waals surface area contributed by atoms with Crippen LogP contribution in [0.2, 0.25) is 0 Å². The van der Waals surface area contributed by atoms with Crippen molar-refractivity contribution >= 4 is 5.82 Å². The van der Waals surface area contributed by atoms with Crippen molar-refractivity contribution in [3.8, 4) is 5.88 Å². The molecule has 3 heterocycles. The number of nitrogens with zero attached hydrogens (tertiary/aromatic N) is 3. The molecule has 1 saturated heterocycles. The summed E-state index contributed by atoms with van der Waals surface area (Å²) in [7, 11) is 0. The Morgan fingerprint density at radius 1 is 1.21 bits per heavy atom. The third-order valence-corrected chi connectivity index (χ3v) is 4.46. The predicted molar refractivity (Wildman–Crippen MR) is 79.5 cm³/mol. The molecule has 0 radical (unpaired) electrons. The van der Waals surface area contributed by atoms with Crippen molar-refractivity contribution in [2.24, 2.45) is 0 Å². The third-order valence-electron chi connectivity index (χ3n) is 4.46. The van der Waals surface area contributed by atoms with Gasteiger partial charge in [-0.15, -0.1) is 0 Å². The van der Waals surface area contributed by atoms with Crippen LogP contribution < -0.4 is 15.3 Å². The molecule has 1 aromatic heterocycles. The molecule has 0 spiro atoms. The average Bonchev–Trinajstić information content (AvgIpc) is 3.12. The Labute approximate surface area is 135 Å². The zero-order valence-electron chi connectivity index (χ0n) is 12.6. The molecule has 4 rings (SSSR count). The Bertz CT molecular complexity index is 845. The van der Waals surface area contributed by atoms with Gasteiger partial charge in [-0.3, -0.25) is 4.57 Å². The molecule has 2 aromatic rings. The zero-order valence-corrected chi connectivity index (χ0v) is 12.6. The molecule has 0 bridgehead atoms. The molecule has 1 fully saturated rings. The van der Waals surface area contributed by atoms with Crippen molar-refractivity contribution in [3.05, 3.63) is 51.7 Å². The zero-order chi connectivity index (χ0) is 16.8. The Kier molecular flexibility index (Phi) is 3.47. The minimum absolute atomic E-state index is 0.0870. The Morgan fingerprint density at radius 3 is 2.71 bits per heavy atom. The van der Waals surface area contributed by atoms with E-state index in [0.717, 1.165) is 37.3 Å². The smallest absolute Gasteiger partial charge is 0.352 e. The van der Waals surface area contributed by atoms with Crippen LogP contribution in [0.3, 0.4) is 0 Å². The number of hydrogen-bond acceptors (Lipinski definition) is 4. The van der Waals surface area contributed by atoms with E-state index < -0.39 is 23.1 Å². The van der Waals surface area contributed by atoms with Crippen molar-refractivity contribution in [2.45, 2.75) is 32.0 Å². The SMILES string of the molecule is O=c1nc(OCc2cc(F)c(F)c(F)c2)cc2n1C[C@H]1CCCN21. The maximum absolute atomic E-state index is 13.2. The van der Waals surface area contributed by atoms with E-state index in [0.29, 0.717) is 12.6 Å². The van der Waals surface area contributed by atoms with Crippen molar-refractivity contribution < 1.29 is 17.9 Å². The number of rotatable bonds is 3. The lowest BCUT2D eigenvalue weighted by atomic mass is 10.2. The second-order valence-electron chi connectivity index (χ2n) is 6.00. The summed E-state index contributed by atoms with van der Waals surface area (Å²) in [6.45, 7) is 1.28. The minimum atomic E-state index is -1.52. The number of aromatic nitrogens is 2. The van der Waals surface area contributed by atoms with Gasteiger partial charge in [0.15, 0.2) is 17.5 Å². The molecular formula is C16H14F3N3O2. The monoisotopic (exact) mass is 337 g/mol. The van der Waals surface area contributed by atoms with Crippen LogP contribution >= 0.6 is 0 Å². The summed E-state index contributed by atoms with van der Waals surface area (Å²) < 4.78 is 46.4. The molecule has 1 atom stereocenters. The lowest BCUT2D eigenvalue weighted by Crippen LogP contribution is -2.24. The summed E-state index contributed by atoms with van der Waals surface area (Å²) in [4.78, 5) is 18.1. The fourth-order valence-electron chi connectivity index (χ4n) is 3.34. The van der Waals surface area contributed by atoms with Crippen LogP contribution in [-0.2, 0) is 13.2 Å². The van der Waals surface area contributed by atoms with Gasteiger partial charge in [-0.25, -0.2) is 18.0 Å². The van der Waals surface area contributed by atoms with Crippen LogP contribution in [0.15, 0.2) is 23.0 Å². The van der Waals surface area contributed by atoms with Crippen LogP contribution in [0.25, 0.3) is 0 Å². The van der Waals surface area contributed by atoms with Gasteiger partial charge in [-0.1, -0.05) is 0 Å². The van der Waals surface area contributed by atoms with Crippen LogP contribution in [0.4, 0.5) is 19.0 Å². The molecule has 2 aliphatic rings. The van der Waals surface area contributed by atoms with Crippen LogP contribution in [0.5, 0.6) is 5.88 Å². The van der Waals surface area contributed by atoms with Crippen molar-refractivity contribution in [3.63, 3.8) is 0 Å². The lowest BCUT2D eigenvalue weighted by Gasteiger charge is -2.17. The van der Waals surface area contributed by atoms with Gasteiger partial charge in [0.05, 0.1) is 0 Å². The highest BCUT2D eigenvalue weighted by Gasteiger charge is 2.34. The molecule has 0 saturated carbocycles. The van der Waals surface area contributed by atoms with E-state index in [4.69, 9.17) is 4.74 Å². The highest BCUT2D eigenvalue weighted by molar-refractivity contribution is 5.48. The van der Waals surface area contributed by atoms with Crippen molar-refractivity contribution in [1.29, 1.82) is 0 Å². The molecular weight excluding hydrogens is 323 g/mol. The Hall–Kier alpha value is -2.51. The summed E-state index contributed by atoms with van der Waals surface area (Å²) >= 11 is 0. The fraction of sp³-hybridized carbons (Fsp3) is 0.375. The number of fused-ring (bicyclic) bond motifs is 3. The molecule has 126 valence electrons. The highest BCUT2D eigenvalue weighted by Crippen LogP contribution is 2.33. The van der Waals surface area contributed by atoms with Crippen LogP contribution in [0, 0.1) is 17.5 Å². The van der Waals surface area contributed by atoms with E-state index in [-0.39, 0.29) is 18.1 Å². The standard InChI is InChI=1S/C16H14F3N3O2/c17-11-4-9(5-12(18)15(11)19)8-24-13-6-14-21-3-1-2-10(21)7-22(14)16(23)20-13/h4-6,10H,1-3,7-8H2/t10-/m1/s1. The van der Waals surface area contributed by atoms with Crippen LogP contribution in [-0.4, -0.2) is 22.1 Å². The van der Waals surface area contributed by atoms with E-state index in [2.05, 4.69) is 9.88 Å². The fourth-order valence-corrected chi connectivity index (χ4v) is 3.34. The van der Waals surface area contributed by atoms with Gasteiger partial charge in [-0.05, 0) is 30.5 Å². The summed E-state index contributed by atoms with van der Waals surface area (Å²) in [5.74, 6) is -3.24. The molecule has 0 amide bonds. The first-order valence-electron chi connectivity index (χ1n) is 7.67. The van der Waals surface area contributed by atoms with E-state index >= 15 is 0 Å². The molecule has 0 aliphatic carbocycles. The second-order valence-corrected chi connectivity index (χ2v) is 6.00. The number of halogens is 3. The third kappa shape index (κ3) is 2.42. The lowest BCUT2D eigenvalue weighted by molar-refractivity contribution is 0.289. The first-order valence-corrected chi connectivity index (χ1v) is 7.67. The number of ether oxygens (including phenoxy) is 1. The molecule has 0 unspecified atom stereocenters. The van der Waals surface area contributed by atoms with Crippen molar-refractivity contribution in [1.82, 2.24) is 9.55 Å². The van der Waals surface area contributed by atoms with Gasteiger partial charge in [0, 0.05) is 25.2 Å². The predicted octanol–water partition coefficient (Wildman–Crippen LogP) is 2.22.